The second-order valence-electron chi connectivity index (χ2n) is 5.79. The molecule has 112 valence electrons. The summed E-state index contributed by atoms with van der Waals surface area (Å²) in [6.45, 7) is 2.95. The normalized spacial score (nSPS) is 18.7. The lowest BCUT2D eigenvalue weighted by Gasteiger charge is -2.33. The predicted octanol–water partition coefficient (Wildman–Crippen LogP) is 2.14. The van der Waals surface area contributed by atoms with Gasteiger partial charge in [-0.05, 0) is 30.9 Å². The molecular weight excluding hydrogens is 276 g/mol. The molecule has 0 radical (unpaired) electrons. The molecule has 6 nitrogen and oxygen atoms in total. The molecule has 0 saturated carbocycles. The van der Waals surface area contributed by atoms with Crippen molar-refractivity contribution in [3.05, 3.63) is 43.1 Å². The summed E-state index contributed by atoms with van der Waals surface area (Å²) in [6, 6.07) is 8.01. The third kappa shape index (κ3) is 2.64. The van der Waals surface area contributed by atoms with Gasteiger partial charge in [0.2, 0.25) is 0 Å². The zero-order valence-corrected chi connectivity index (χ0v) is 12.3. The number of piperidine rings is 1. The van der Waals surface area contributed by atoms with Gasteiger partial charge in [-0.15, -0.1) is 0 Å². The van der Waals surface area contributed by atoms with E-state index >= 15 is 0 Å². The third-order valence-corrected chi connectivity index (χ3v) is 4.19. The van der Waals surface area contributed by atoms with E-state index in [4.69, 9.17) is 4.98 Å². The zero-order chi connectivity index (χ0) is 14.8. The smallest absolute Gasteiger partial charge is 0.147 e. The first-order valence-corrected chi connectivity index (χ1v) is 7.67. The Bertz CT molecular complexity index is 754. The first kappa shape index (κ1) is 13.2. The molecule has 0 aliphatic carbocycles. The number of benzene rings is 1. The lowest BCUT2D eigenvalue weighted by atomic mass is 9.98. The van der Waals surface area contributed by atoms with Gasteiger partial charge in [0.05, 0.1) is 17.2 Å². The Kier molecular flexibility index (Phi) is 3.42. The molecular formula is C16H18N6. The van der Waals surface area contributed by atoms with Gasteiger partial charge in [0.25, 0.3) is 0 Å². The van der Waals surface area contributed by atoms with E-state index in [2.05, 4.69) is 20.0 Å². The average molecular weight is 294 g/mol. The van der Waals surface area contributed by atoms with Crippen molar-refractivity contribution in [3.63, 3.8) is 0 Å². The first-order chi connectivity index (χ1) is 10.9. The molecule has 4 rings (SSSR count). The largest absolute Gasteiger partial charge is 0.355 e. The van der Waals surface area contributed by atoms with Gasteiger partial charge in [-0.2, -0.15) is 5.10 Å². The SMILES string of the molecule is c1ccc2nc(N3CCC[C@@H](Cn4cncn4)C3)cnc2c1. The number of para-hydroxylation sites is 2. The van der Waals surface area contributed by atoms with E-state index in [9.17, 15) is 0 Å². The molecule has 3 aromatic rings. The molecule has 0 N–H and O–H groups in total. The molecule has 0 amide bonds. The summed E-state index contributed by atoms with van der Waals surface area (Å²) in [5.74, 6) is 1.55. The van der Waals surface area contributed by atoms with Crippen LogP contribution in [0.5, 0.6) is 0 Å². The predicted molar refractivity (Wildman–Crippen MR) is 84.5 cm³/mol. The highest BCUT2D eigenvalue weighted by Gasteiger charge is 2.22. The summed E-state index contributed by atoms with van der Waals surface area (Å²) < 4.78 is 1.92. The zero-order valence-electron chi connectivity index (χ0n) is 12.3. The van der Waals surface area contributed by atoms with Crippen LogP contribution in [0.3, 0.4) is 0 Å². The second-order valence-corrected chi connectivity index (χ2v) is 5.79. The monoisotopic (exact) mass is 294 g/mol. The summed E-state index contributed by atoms with van der Waals surface area (Å²) in [6.07, 6.45) is 7.66. The van der Waals surface area contributed by atoms with E-state index in [-0.39, 0.29) is 0 Å². The van der Waals surface area contributed by atoms with E-state index in [1.165, 1.54) is 12.8 Å². The van der Waals surface area contributed by atoms with Gasteiger partial charge in [-0.1, -0.05) is 12.1 Å². The summed E-state index contributed by atoms with van der Waals surface area (Å²) in [5.41, 5.74) is 1.90. The Morgan fingerprint density at radius 2 is 2.09 bits per heavy atom. The number of hydrogen-bond acceptors (Lipinski definition) is 5. The van der Waals surface area contributed by atoms with Crippen molar-refractivity contribution in [2.24, 2.45) is 5.92 Å². The van der Waals surface area contributed by atoms with E-state index in [1.807, 2.05) is 35.1 Å². The number of aromatic nitrogens is 5. The van der Waals surface area contributed by atoms with Crippen LogP contribution in [0.2, 0.25) is 0 Å². The fourth-order valence-electron chi connectivity index (χ4n) is 3.11. The van der Waals surface area contributed by atoms with Crippen molar-refractivity contribution < 1.29 is 0 Å². The van der Waals surface area contributed by atoms with Crippen LogP contribution in [0.1, 0.15) is 12.8 Å². The van der Waals surface area contributed by atoms with Gasteiger partial charge >= 0.3 is 0 Å². The maximum Gasteiger partial charge on any atom is 0.147 e. The van der Waals surface area contributed by atoms with Gasteiger partial charge in [0.1, 0.15) is 18.5 Å². The molecule has 1 saturated heterocycles. The van der Waals surface area contributed by atoms with E-state index in [0.29, 0.717) is 5.92 Å². The van der Waals surface area contributed by atoms with E-state index in [1.54, 1.807) is 12.7 Å². The Labute approximate surface area is 128 Å². The maximum atomic E-state index is 4.76. The van der Waals surface area contributed by atoms with Gasteiger partial charge in [-0.3, -0.25) is 9.67 Å². The summed E-state index contributed by atoms with van der Waals surface area (Å²) in [5, 5.41) is 4.21. The molecule has 0 spiro atoms. The average Bonchev–Trinajstić information content (AvgIpc) is 3.08. The fraction of sp³-hybridized carbons (Fsp3) is 0.375. The van der Waals surface area contributed by atoms with Crippen LogP contribution in [-0.2, 0) is 6.54 Å². The highest BCUT2D eigenvalue weighted by molar-refractivity contribution is 5.75. The van der Waals surface area contributed by atoms with Crippen molar-refractivity contribution in [1.82, 2.24) is 24.7 Å². The maximum absolute atomic E-state index is 4.76. The first-order valence-electron chi connectivity index (χ1n) is 7.67. The molecule has 1 aliphatic rings. The van der Waals surface area contributed by atoms with Crippen LogP contribution in [0.25, 0.3) is 11.0 Å². The lowest BCUT2D eigenvalue weighted by molar-refractivity contribution is 0.350. The highest BCUT2D eigenvalue weighted by Crippen LogP contribution is 2.23. The molecule has 1 atom stereocenters. The number of hydrogen-bond donors (Lipinski definition) is 0. The number of fused-ring (bicyclic) bond motifs is 1. The summed E-state index contributed by atoms with van der Waals surface area (Å²) in [4.78, 5) is 15.6. The molecule has 2 aromatic heterocycles. The third-order valence-electron chi connectivity index (χ3n) is 4.19. The Hall–Kier alpha value is -2.50. The Balaban J connectivity index is 1.53. The van der Waals surface area contributed by atoms with E-state index < -0.39 is 0 Å². The van der Waals surface area contributed by atoms with Gasteiger partial charge < -0.3 is 4.90 Å². The molecule has 1 aliphatic heterocycles. The van der Waals surface area contributed by atoms with Crippen LogP contribution >= 0.6 is 0 Å². The van der Waals surface area contributed by atoms with Crippen LogP contribution < -0.4 is 4.90 Å². The van der Waals surface area contributed by atoms with Crippen molar-refractivity contribution >= 4 is 16.9 Å². The van der Waals surface area contributed by atoms with Gasteiger partial charge in [0.15, 0.2) is 0 Å². The Morgan fingerprint density at radius 3 is 2.95 bits per heavy atom. The molecule has 1 aromatic carbocycles. The number of rotatable bonds is 3. The van der Waals surface area contributed by atoms with Gasteiger partial charge in [-0.25, -0.2) is 9.97 Å². The standard InChI is InChI=1S/C16H18N6/c1-2-6-15-14(5-1)18-8-16(20-15)21-7-3-4-13(9-21)10-22-12-17-11-19-22/h1-2,5-6,8,11-13H,3-4,7,9-10H2/t13-/m1/s1. The molecule has 0 bridgehead atoms. The fourth-order valence-corrected chi connectivity index (χ4v) is 3.11. The van der Waals surface area contributed by atoms with E-state index in [0.717, 1.165) is 36.5 Å². The van der Waals surface area contributed by atoms with Crippen LogP contribution in [-0.4, -0.2) is 37.8 Å². The van der Waals surface area contributed by atoms with Crippen LogP contribution in [0.4, 0.5) is 5.82 Å². The highest BCUT2D eigenvalue weighted by atomic mass is 15.3. The quantitative estimate of drug-likeness (QED) is 0.740. The van der Waals surface area contributed by atoms with Crippen molar-refractivity contribution in [3.8, 4) is 0 Å². The lowest BCUT2D eigenvalue weighted by Crippen LogP contribution is -2.37. The molecule has 22 heavy (non-hydrogen) atoms. The molecule has 3 heterocycles. The topological polar surface area (TPSA) is 59.7 Å². The molecule has 0 unspecified atom stereocenters. The minimum absolute atomic E-state index is 0.573. The van der Waals surface area contributed by atoms with Crippen molar-refractivity contribution in [2.75, 3.05) is 18.0 Å². The number of nitrogens with zero attached hydrogens (tertiary/aromatic N) is 6. The summed E-state index contributed by atoms with van der Waals surface area (Å²) >= 11 is 0. The second kappa shape index (κ2) is 5.71. The number of anilines is 1. The summed E-state index contributed by atoms with van der Waals surface area (Å²) in [7, 11) is 0. The minimum Gasteiger partial charge on any atom is -0.355 e. The molecule has 6 heteroatoms. The minimum atomic E-state index is 0.573. The molecule has 1 fully saturated rings. The van der Waals surface area contributed by atoms with Gasteiger partial charge in [0, 0.05) is 19.6 Å². The Morgan fingerprint density at radius 1 is 1.18 bits per heavy atom. The van der Waals surface area contributed by atoms with Crippen molar-refractivity contribution in [2.45, 2.75) is 19.4 Å². The van der Waals surface area contributed by atoms with Crippen LogP contribution in [0.15, 0.2) is 43.1 Å². The van der Waals surface area contributed by atoms with Crippen molar-refractivity contribution in [1.29, 1.82) is 0 Å². The van der Waals surface area contributed by atoms with Crippen LogP contribution in [0, 0.1) is 5.92 Å².